The zero-order chi connectivity index (χ0) is 26.2. The van der Waals surface area contributed by atoms with Crippen molar-refractivity contribution in [3.05, 3.63) is 16.5 Å². The van der Waals surface area contributed by atoms with Gasteiger partial charge in [-0.1, -0.05) is 0 Å². The molecule has 6 unspecified atom stereocenters. The van der Waals surface area contributed by atoms with Gasteiger partial charge in [0.05, 0.1) is 13.2 Å². The largest absolute Gasteiger partial charge is 0.481 e. The number of imidazole rings is 1. The molecule has 0 radical (unpaired) electrons. The summed E-state index contributed by atoms with van der Waals surface area (Å²) in [6.07, 6.45) is -11.1. The van der Waals surface area contributed by atoms with Gasteiger partial charge in [0.15, 0.2) is 33.8 Å². The molecule has 2 saturated heterocycles. The minimum absolute atomic E-state index is 0.0207. The quantitative estimate of drug-likeness (QED) is 0.124. The van der Waals surface area contributed by atoms with E-state index in [1.165, 1.54) is 4.57 Å². The lowest BCUT2D eigenvalue weighted by Crippen LogP contribution is -2.36. The monoisotopic (exact) mass is 619 g/mol. The maximum Gasteiger partial charge on any atom is 0.481 e. The first-order valence-electron chi connectivity index (χ1n) is 10.2. The highest BCUT2D eigenvalue weighted by Crippen LogP contribution is 2.60. The molecule has 0 amide bonds. The summed E-state index contributed by atoms with van der Waals surface area (Å²) in [5.74, 6) is 0. The minimum Gasteiger partial charge on any atom is -0.387 e. The van der Waals surface area contributed by atoms with Crippen LogP contribution in [0.25, 0.3) is 11.2 Å². The Bertz CT molecular complexity index is 1340. The second kappa shape index (κ2) is 9.25. The van der Waals surface area contributed by atoms with Crippen molar-refractivity contribution in [2.24, 2.45) is 0 Å². The lowest BCUT2D eigenvalue weighted by atomic mass is 10.1. The molecule has 10 atom stereocenters. The lowest BCUT2D eigenvalue weighted by Gasteiger charge is -2.21. The van der Waals surface area contributed by atoms with E-state index < -0.39 is 77.9 Å². The number of hydrogen-bond donors (Lipinski definition) is 7. The molecule has 0 spiro atoms. The Morgan fingerprint density at radius 3 is 2.06 bits per heavy atom. The number of nitrogens with zero attached hydrogens (tertiary/aromatic N) is 4. The smallest absolute Gasteiger partial charge is 0.387 e. The van der Waals surface area contributed by atoms with Crippen LogP contribution in [0.15, 0.2) is 11.1 Å². The summed E-state index contributed by atoms with van der Waals surface area (Å²) >= 11 is 3.19. The van der Waals surface area contributed by atoms with Gasteiger partial charge in [-0.3, -0.25) is 23.6 Å². The number of aromatic nitrogens is 4. The molecular weight excluding hydrogens is 600 g/mol. The van der Waals surface area contributed by atoms with Crippen molar-refractivity contribution in [2.75, 3.05) is 13.2 Å². The van der Waals surface area contributed by atoms with E-state index in [4.69, 9.17) is 14.9 Å². The summed E-state index contributed by atoms with van der Waals surface area (Å²) in [5, 5.41) is 50.3. The fraction of sp³-hybridized carbons (Fsp3) is 0.667. The number of fused-ring (bicyclic) bond motifs is 7. The van der Waals surface area contributed by atoms with Crippen molar-refractivity contribution >= 4 is 42.7 Å². The Kier molecular flexibility index (Phi) is 6.80. The van der Waals surface area contributed by atoms with E-state index in [1.54, 1.807) is 0 Å². The highest BCUT2D eigenvalue weighted by atomic mass is 79.9. The zero-order valence-electron chi connectivity index (χ0n) is 17.7. The van der Waals surface area contributed by atoms with Crippen LogP contribution in [0, 0.1) is 5.41 Å². The molecule has 4 aliphatic heterocycles. The molecule has 2 aromatic heterocycles. The van der Waals surface area contributed by atoms with Crippen LogP contribution in [0.4, 0.5) is 0 Å². The number of phosphoric ester groups is 2. The molecular formula is C15H20BrN5O13P2. The highest BCUT2D eigenvalue weighted by Gasteiger charge is 2.49. The van der Waals surface area contributed by atoms with Crippen LogP contribution in [0.5, 0.6) is 0 Å². The Morgan fingerprint density at radius 1 is 0.944 bits per heavy atom. The summed E-state index contributed by atoms with van der Waals surface area (Å²) in [6, 6.07) is 0. The maximum absolute atomic E-state index is 12.2. The third kappa shape index (κ3) is 4.52. The topological polar surface area (TPSA) is 261 Å². The fourth-order valence-electron chi connectivity index (χ4n) is 4.08. The van der Waals surface area contributed by atoms with Gasteiger partial charge in [-0.15, -0.1) is 0 Å². The molecule has 0 saturated carbocycles. The van der Waals surface area contributed by atoms with E-state index in [0.29, 0.717) is 0 Å². The van der Waals surface area contributed by atoms with Crippen LogP contribution in [-0.4, -0.2) is 99.2 Å². The number of aliphatic hydroxyl groups excluding tert-OH is 4. The third-order valence-corrected chi connectivity index (χ3v) is 9.00. The molecule has 36 heavy (non-hydrogen) atoms. The number of phosphoric acid groups is 2. The number of rotatable bonds is 0. The van der Waals surface area contributed by atoms with Crippen molar-refractivity contribution in [3.63, 3.8) is 0 Å². The van der Waals surface area contributed by atoms with Gasteiger partial charge in [-0.05, 0) is 15.9 Å². The normalized spacial score (nSPS) is 43.8. The van der Waals surface area contributed by atoms with Crippen LogP contribution in [-0.2, 0) is 32.0 Å². The molecule has 2 aromatic rings. The number of hydrogen-bond acceptors (Lipinski definition) is 14. The number of ether oxygens (including phenoxy) is 2. The average Bonchev–Trinajstić information content (AvgIpc) is 3.37. The van der Waals surface area contributed by atoms with E-state index in [1.807, 2.05) is 0 Å². The molecule has 18 nitrogen and oxygen atoms in total. The molecule has 6 heterocycles. The van der Waals surface area contributed by atoms with Crippen molar-refractivity contribution in [1.82, 2.24) is 19.1 Å². The predicted octanol–water partition coefficient (Wildman–Crippen LogP) is -2.02. The SMILES string of the molecule is N=c1c2nc(Br)n3c2ncn1[C@H]1O[C@H](COP(=O)(O)OP(=O)(O)OC[C@H]2O[C@@H]3C(O)C2O)C(O)C1O. The number of halogens is 1. The van der Waals surface area contributed by atoms with Gasteiger partial charge >= 0.3 is 15.6 Å². The molecule has 0 aliphatic carbocycles. The fourth-order valence-corrected chi connectivity index (χ4v) is 6.72. The Labute approximate surface area is 208 Å². The molecule has 4 aliphatic rings. The Hall–Kier alpha value is -1.15. The summed E-state index contributed by atoms with van der Waals surface area (Å²) in [6.45, 7) is -1.73. The summed E-state index contributed by atoms with van der Waals surface area (Å²) in [4.78, 5) is 28.1. The van der Waals surface area contributed by atoms with Crippen LogP contribution in [0.2, 0.25) is 0 Å². The van der Waals surface area contributed by atoms with Crippen molar-refractivity contribution in [3.8, 4) is 0 Å². The lowest BCUT2D eigenvalue weighted by molar-refractivity contribution is -0.0567. The Morgan fingerprint density at radius 2 is 1.47 bits per heavy atom. The van der Waals surface area contributed by atoms with Gasteiger partial charge in [0.1, 0.15) is 43.0 Å². The van der Waals surface area contributed by atoms with Gasteiger partial charge < -0.3 is 39.7 Å². The van der Waals surface area contributed by atoms with Gasteiger partial charge in [-0.2, -0.15) is 4.31 Å². The second-order valence-corrected chi connectivity index (χ2v) is 11.9. The molecule has 6 rings (SSSR count). The average molecular weight is 620 g/mol. The van der Waals surface area contributed by atoms with Crippen molar-refractivity contribution in [1.29, 1.82) is 5.41 Å². The van der Waals surface area contributed by atoms with Crippen molar-refractivity contribution in [2.45, 2.75) is 49.1 Å². The second-order valence-electron chi connectivity index (χ2n) is 8.13. The number of nitrogens with one attached hydrogen (secondary N) is 1. The van der Waals surface area contributed by atoms with Crippen LogP contribution >= 0.6 is 31.6 Å². The molecule has 7 N–H and O–H groups in total. The van der Waals surface area contributed by atoms with Crippen LogP contribution in [0.3, 0.4) is 0 Å². The maximum atomic E-state index is 12.2. The van der Waals surface area contributed by atoms with E-state index in [-0.39, 0.29) is 21.4 Å². The number of aliphatic hydroxyl groups is 4. The third-order valence-electron chi connectivity index (χ3n) is 5.84. The highest BCUT2D eigenvalue weighted by molar-refractivity contribution is 9.10. The standard InChI is InChI=1S/C15H20BrN5O13P2/c16-15-19-6-11(17)20-3-18-12(6)21(15)14-10(25)8(23)5(33-14)2-31-36(28,29)34-35(26,27)30-1-4-7(22)9(24)13(20)32-4/h3-5,7-10,13-14,17,22-25H,1-2H2,(H,26,27)(H,28,29)/t4-,5-,7?,8?,9?,10?,13+,14-/m1/s1. The molecule has 8 bridgehead atoms. The molecule has 0 aromatic carbocycles. The predicted molar refractivity (Wildman–Crippen MR) is 114 cm³/mol. The van der Waals surface area contributed by atoms with Crippen molar-refractivity contribution < 1.29 is 62.2 Å². The summed E-state index contributed by atoms with van der Waals surface area (Å²) < 4.78 is 51.3. The summed E-state index contributed by atoms with van der Waals surface area (Å²) in [5.41, 5.74) is -0.357. The first-order valence-corrected chi connectivity index (χ1v) is 14.0. The molecule has 200 valence electrons. The Balaban J connectivity index is 1.61. The minimum atomic E-state index is -5.27. The first kappa shape index (κ1) is 26.5. The van der Waals surface area contributed by atoms with Gasteiger partial charge in [0.2, 0.25) is 0 Å². The van der Waals surface area contributed by atoms with Crippen LogP contribution in [0.1, 0.15) is 12.5 Å². The zero-order valence-corrected chi connectivity index (χ0v) is 21.1. The van der Waals surface area contributed by atoms with Gasteiger partial charge in [0.25, 0.3) is 0 Å². The van der Waals surface area contributed by atoms with Gasteiger partial charge in [0, 0.05) is 0 Å². The van der Waals surface area contributed by atoms with E-state index in [2.05, 4.69) is 39.3 Å². The molecule has 21 heteroatoms. The van der Waals surface area contributed by atoms with E-state index >= 15 is 0 Å². The van der Waals surface area contributed by atoms with E-state index in [0.717, 1.165) is 10.9 Å². The molecule has 2 fully saturated rings. The van der Waals surface area contributed by atoms with E-state index in [9.17, 15) is 39.3 Å². The summed E-state index contributed by atoms with van der Waals surface area (Å²) in [7, 11) is -10.5. The van der Waals surface area contributed by atoms with Crippen LogP contribution < -0.4 is 5.49 Å². The first-order chi connectivity index (χ1) is 16.8. The van der Waals surface area contributed by atoms with Gasteiger partial charge in [-0.25, -0.2) is 19.1 Å².